The predicted octanol–water partition coefficient (Wildman–Crippen LogP) is 3.93. The van der Waals surface area contributed by atoms with Gasteiger partial charge < -0.3 is 5.32 Å². The van der Waals surface area contributed by atoms with Crippen molar-refractivity contribution in [3.8, 4) is 0 Å². The van der Waals surface area contributed by atoms with Crippen LogP contribution in [-0.2, 0) is 4.79 Å². The maximum absolute atomic E-state index is 11.9. The van der Waals surface area contributed by atoms with Gasteiger partial charge in [0.2, 0.25) is 5.91 Å². The Bertz CT molecular complexity index is 410. The van der Waals surface area contributed by atoms with Crippen LogP contribution in [0.15, 0.2) is 6.07 Å². The summed E-state index contributed by atoms with van der Waals surface area (Å²) in [7, 11) is 0. The van der Waals surface area contributed by atoms with Crippen molar-refractivity contribution in [3.05, 3.63) is 21.9 Å². The number of nitrogens with zero attached hydrogens (tertiary/aromatic N) is 1. The molecule has 0 aliphatic heterocycles. The summed E-state index contributed by atoms with van der Waals surface area (Å²) in [6.45, 7) is 7.71. The van der Waals surface area contributed by atoms with E-state index in [1.165, 1.54) is 0 Å². The third-order valence-corrected chi connectivity index (χ3v) is 3.27. The zero-order valence-corrected chi connectivity index (χ0v) is 11.9. The van der Waals surface area contributed by atoms with Crippen LogP contribution in [0.25, 0.3) is 0 Å². The number of hydrogen-bond donors (Lipinski definition) is 1. The van der Waals surface area contributed by atoms with Crippen LogP contribution in [0.5, 0.6) is 0 Å². The molecule has 3 nitrogen and oxygen atoms in total. The Morgan fingerprint density at radius 1 is 1.35 bits per heavy atom. The first kappa shape index (κ1) is 14.3. The number of aryl methyl sites for hydroxylation is 1. The van der Waals surface area contributed by atoms with Gasteiger partial charge in [0.1, 0.15) is 5.15 Å². The number of pyridine rings is 1. The molecule has 94 valence electrons. The molecule has 1 amide bonds. The van der Waals surface area contributed by atoms with Gasteiger partial charge in [0.15, 0.2) is 5.15 Å². The molecule has 1 N–H and O–H groups in total. The van der Waals surface area contributed by atoms with E-state index in [0.29, 0.717) is 10.8 Å². The van der Waals surface area contributed by atoms with Gasteiger partial charge in [0, 0.05) is 5.92 Å². The molecule has 1 aromatic rings. The van der Waals surface area contributed by atoms with Crippen molar-refractivity contribution in [1.82, 2.24) is 4.98 Å². The molecule has 0 fully saturated rings. The lowest BCUT2D eigenvalue weighted by molar-refractivity contribution is -0.120. The molecule has 1 rings (SSSR count). The Morgan fingerprint density at radius 2 is 1.94 bits per heavy atom. The van der Waals surface area contributed by atoms with Gasteiger partial charge in [-0.2, -0.15) is 0 Å². The lowest BCUT2D eigenvalue weighted by atomic mass is 9.97. The molecule has 0 aromatic carbocycles. The van der Waals surface area contributed by atoms with Crippen LogP contribution >= 0.6 is 23.2 Å². The van der Waals surface area contributed by atoms with E-state index in [-0.39, 0.29) is 22.9 Å². The molecule has 0 bridgehead atoms. The van der Waals surface area contributed by atoms with Gasteiger partial charge in [-0.05, 0) is 24.5 Å². The maximum Gasteiger partial charge on any atom is 0.227 e. The number of carbonyl (C=O) groups excluding carboxylic acids is 1. The molecular weight excluding hydrogens is 259 g/mol. The second-order valence-electron chi connectivity index (χ2n) is 4.45. The van der Waals surface area contributed by atoms with Crippen LogP contribution in [0.2, 0.25) is 10.3 Å². The normalized spacial score (nSPS) is 12.6. The standard InChI is InChI=1S/C12H16Cl2N2O/c1-6(2)8(4)12(17)16-10-7(3)5-9(13)15-11(10)14/h5-6,8H,1-4H3,(H,16,17). The summed E-state index contributed by atoms with van der Waals surface area (Å²) < 4.78 is 0. The lowest BCUT2D eigenvalue weighted by Gasteiger charge is -2.17. The number of aromatic nitrogens is 1. The van der Waals surface area contributed by atoms with Crippen molar-refractivity contribution < 1.29 is 4.79 Å². The van der Waals surface area contributed by atoms with E-state index in [9.17, 15) is 4.79 Å². The maximum atomic E-state index is 11.9. The largest absolute Gasteiger partial charge is 0.323 e. The van der Waals surface area contributed by atoms with E-state index < -0.39 is 0 Å². The highest BCUT2D eigenvalue weighted by atomic mass is 35.5. The number of rotatable bonds is 3. The zero-order chi connectivity index (χ0) is 13.2. The van der Waals surface area contributed by atoms with E-state index in [1.807, 2.05) is 27.7 Å². The molecule has 0 saturated heterocycles. The fraction of sp³-hybridized carbons (Fsp3) is 0.500. The number of nitrogens with one attached hydrogen (secondary N) is 1. The number of carbonyl (C=O) groups is 1. The molecule has 1 aromatic heterocycles. The molecule has 1 unspecified atom stereocenters. The van der Waals surface area contributed by atoms with Gasteiger partial charge in [-0.25, -0.2) is 4.98 Å². The Labute approximate surface area is 112 Å². The van der Waals surface area contributed by atoms with Gasteiger partial charge in [-0.15, -0.1) is 0 Å². The van der Waals surface area contributed by atoms with Crippen molar-refractivity contribution in [2.45, 2.75) is 27.7 Å². The van der Waals surface area contributed by atoms with E-state index in [4.69, 9.17) is 23.2 Å². The van der Waals surface area contributed by atoms with Crippen LogP contribution in [0.4, 0.5) is 5.69 Å². The summed E-state index contributed by atoms with van der Waals surface area (Å²) in [5.41, 5.74) is 1.34. The minimum Gasteiger partial charge on any atom is -0.323 e. The highest BCUT2D eigenvalue weighted by Crippen LogP contribution is 2.27. The summed E-state index contributed by atoms with van der Waals surface area (Å²) in [4.78, 5) is 15.8. The van der Waals surface area contributed by atoms with Crippen molar-refractivity contribution in [3.63, 3.8) is 0 Å². The van der Waals surface area contributed by atoms with Gasteiger partial charge in [-0.1, -0.05) is 44.0 Å². The van der Waals surface area contributed by atoms with Crippen LogP contribution in [-0.4, -0.2) is 10.9 Å². The van der Waals surface area contributed by atoms with Crippen molar-refractivity contribution in [1.29, 1.82) is 0 Å². The van der Waals surface area contributed by atoms with Crippen molar-refractivity contribution >= 4 is 34.8 Å². The molecule has 1 atom stereocenters. The smallest absolute Gasteiger partial charge is 0.227 e. The average molecular weight is 275 g/mol. The second kappa shape index (κ2) is 5.69. The molecule has 0 aliphatic carbocycles. The van der Waals surface area contributed by atoms with Crippen LogP contribution in [0.1, 0.15) is 26.3 Å². The minimum atomic E-state index is -0.0823. The minimum absolute atomic E-state index is 0.0610. The monoisotopic (exact) mass is 274 g/mol. The second-order valence-corrected chi connectivity index (χ2v) is 5.19. The number of anilines is 1. The SMILES string of the molecule is Cc1cc(Cl)nc(Cl)c1NC(=O)C(C)C(C)C. The fourth-order valence-electron chi connectivity index (χ4n) is 1.29. The van der Waals surface area contributed by atoms with E-state index in [1.54, 1.807) is 6.07 Å². The lowest BCUT2D eigenvalue weighted by Crippen LogP contribution is -2.25. The average Bonchev–Trinajstić information content (AvgIpc) is 2.21. The third-order valence-electron chi connectivity index (χ3n) is 2.80. The highest BCUT2D eigenvalue weighted by molar-refractivity contribution is 6.34. The molecule has 0 radical (unpaired) electrons. The fourth-order valence-corrected chi connectivity index (χ4v) is 1.86. The summed E-state index contributed by atoms with van der Waals surface area (Å²) >= 11 is 11.7. The molecule has 0 spiro atoms. The van der Waals surface area contributed by atoms with E-state index in [2.05, 4.69) is 10.3 Å². The van der Waals surface area contributed by atoms with Crippen LogP contribution in [0.3, 0.4) is 0 Å². The first-order valence-electron chi connectivity index (χ1n) is 5.46. The van der Waals surface area contributed by atoms with Crippen molar-refractivity contribution in [2.24, 2.45) is 11.8 Å². The van der Waals surface area contributed by atoms with Crippen molar-refractivity contribution in [2.75, 3.05) is 5.32 Å². The first-order chi connectivity index (χ1) is 7.82. The Hall–Kier alpha value is -0.800. The van der Waals surface area contributed by atoms with Gasteiger partial charge in [0.05, 0.1) is 5.69 Å². The predicted molar refractivity (Wildman–Crippen MR) is 71.6 cm³/mol. The summed E-state index contributed by atoms with van der Waals surface area (Å²) in [5, 5.41) is 3.34. The number of hydrogen-bond acceptors (Lipinski definition) is 2. The Morgan fingerprint density at radius 3 is 2.41 bits per heavy atom. The quantitative estimate of drug-likeness (QED) is 0.849. The molecule has 1 heterocycles. The Kier molecular flexibility index (Phi) is 4.78. The molecule has 17 heavy (non-hydrogen) atoms. The highest BCUT2D eigenvalue weighted by Gasteiger charge is 2.19. The molecular formula is C12H16Cl2N2O. The number of amides is 1. The summed E-state index contributed by atoms with van der Waals surface area (Å²) in [5.74, 6) is 0.129. The first-order valence-corrected chi connectivity index (χ1v) is 6.22. The van der Waals surface area contributed by atoms with Gasteiger partial charge >= 0.3 is 0 Å². The molecule has 0 aliphatic rings. The van der Waals surface area contributed by atoms with Crippen LogP contribution in [0, 0.1) is 18.8 Å². The molecule has 0 saturated carbocycles. The van der Waals surface area contributed by atoms with Gasteiger partial charge in [0.25, 0.3) is 0 Å². The summed E-state index contributed by atoms with van der Waals surface area (Å²) in [6.07, 6.45) is 0. The summed E-state index contributed by atoms with van der Waals surface area (Å²) in [6, 6.07) is 1.67. The third kappa shape index (κ3) is 3.58. The Balaban J connectivity index is 2.93. The van der Waals surface area contributed by atoms with Crippen LogP contribution < -0.4 is 5.32 Å². The zero-order valence-electron chi connectivity index (χ0n) is 10.3. The number of halogens is 2. The van der Waals surface area contributed by atoms with E-state index in [0.717, 1.165) is 5.56 Å². The van der Waals surface area contributed by atoms with E-state index >= 15 is 0 Å². The van der Waals surface area contributed by atoms with Gasteiger partial charge in [-0.3, -0.25) is 4.79 Å². The molecule has 5 heteroatoms. The topological polar surface area (TPSA) is 42.0 Å².